The fraction of sp³-hybridized carbons (Fsp3) is 0.467. The van der Waals surface area contributed by atoms with Gasteiger partial charge in [-0.2, -0.15) is 4.39 Å². The number of morpholine rings is 2. The SMILES string of the molecule is C.C1CCOCC1.Fc1cc(I)ccn1.Ic1ccnc(N2CCOCC2)c1.Nc1ccnc(N2CCOCC2)c1.O=CO[O-].[H-].[K+].[K+]. The number of pyridine rings is 3. The van der Waals surface area contributed by atoms with Gasteiger partial charge in [0.05, 0.1) is 26.4 Å². The van der Waals surface area contributed by atoms with Crippen LogP contribution in [0.5, 0.6) is 0 Å². The minimum absolute atomic E-state index is 0. The Labute approximate surface area is 391 Å². The van der Waals surface area contributed by atoms with Gasteiger partial charge in [-0.1, -0.05) is 7.43 Å². The number of carbonyl (C=O) groups excluding carboxylic acids is 1. The van der Waals surface area contributed by atoms with E-state index in [1.807, 2.05) is 40.9 Å². The van der Waals surface area contributed by atoms with Gasteiger partial charge in [0.25, 0.3) is 6.47 Å². The van der Waals surface area contributed by atoms with Gasteiger partial charge >= 0.3 is 103 Å². The van der Waals surface area contributed by atoms with Crippen LogP contribution in [-0.2, 0) is 23.9 Å². The van der Waals surface area contributed by atoms with Crippen LogP contribution in [-0.4, -0.2) is 87.2 Å². The van der Waals surface area contributed by atoms with Crippen molar-refractivity contribution in [3.8, 4) is 0 Å². The second-order valence-corrected chi connectivity index (χ2v) is 11.6. The third-order valence-electron chi connectivity index (χ3n) is 5.95. The number of anilines is 3. The summed E-state index contributed by atoms with van der Waals surface area (Å²) in [4.78, 5) is 27.6. The number of nitrogen functional groups attached to an aromatic ring is 1. The molecule has 12 nitrogen and oxygen atoms in total. The molecule has 3 aliphatic rings. The summed E-state index contributed by atoms with van der Waals surface area (Å²) in [6, 6.07) is 10.9. The average Bonchev–Trinajstić information content (AvgIpc) is 3.07. The molecule has 0 aliphatic carbocycles. The van der Waals surface area contributed by atoms with Gasteiger partial charge in [0.2, 0.25) is 5.95 Å². The van der Waals surface area contributed by atoms with Crippen LogP contribution in [0.1, 0.15) is 28.1 Å². The fourth-order valence-electron chi connectivity index (χ4n) is 3.82. The molecule has 3 fully saturated rings. The van der Waals surface area contributed by atoms with Crippen molar-refractivity contribution in [1.82, 2.24) is 15.0 Å². The predicted octanol–water partition coefficient (Wildman–Crippen LogP) is -1.77. The maximum Gasteiger partial charge on any atom is 1.00 e. The zero-order chi connectivity index (χ0) is 31.8. The van der Waals surface area contributed by atoms with Gasteiger partial charge < -0.3 is 41.3 Å². The number of aromatic nitrogens is 3. The molecule has 0 aromatic carbocycles. The van der Waals surface area contributed by atoms with E-state index < -0.39 is 5.95 Å². The van der Waals surface area contributed by atoms with Crippen molar-refractivity contribution in [3.05, 3.63) is 68.1 Å². The number of nitrogens with two attached hydrogens (primary N) is 1. The maximum atomic E-state index is 12.1. The molecule has 3 aromatic rings. The Bertz CT molecular complexity index is 1120. The van der Waals surface area contributed by atoms with Crippen molar-refractivity contribution in [2.24, 2.45) is 0 Å². The van der Waals surface area contributed by atoms with Crippen molar-refractivity contribution in [1.29, 1.82) is 0 Å². The zero-order valence-electron chi connectivity index (χ0n) is 27.4. The summed E-state index contributed by atoms with van der Waals surface area (Å²) in [5, 5.41) is 8.43. The first kappa shape index (κ1) is 49.9. The molecule has 6 heterocycles. The van der Waals surface area contributed by atoms with Crippen LogP contribution in [0.2, 0.25) is 0 Å². The summed E-state index contributed by atoms with van der Waals surface area (Å²) >= 11 is 4.33. The Balaban J connectivity index is -0.000000545. The summed E-state index contributed by atoms with van der Waals surface area (Å²) in [6.45, 7) is 8.69. The Morgan fingerprint density at radius 2 is 1.19 bits per heavy atom. The number of halogens is 3. The van der Waals surface area contributed by atoms with Crippen molar-refractivity contribution < 1.29 is 138 Å². The van der Waals surface area contributed by atoms with E-state index in [0.29, 0.717) is 0 Å². The largest absolute Gasteiger partial charge is 1.00 e. The first-order valence-corrected chi connectivity index (χ1v) is 16.1. The summed E-state index contributed by atoms with van der Waals surface area (Å²) in [6.07, 6.45) is 8.96. The molecule has 3 saturated heterocycles. The zero-order valence-corrected chi connectivity index (χ0v) is 36.9. The molecule has 0 bridgehead atoms. The van der Waals surface area contributed by atoms with E-state index in [1.165, 1.54) is 35.1 Å². The molecule has 3 aromatic heterocycles. The van der Waals surface area contributed by atoms with E-state index in [2.05, 4.69) is 58.3 Å². The quantitative estimate of drug-likeness (QED) is 0.0793. The number of hydrogen-bond donors (Lipinski definition) is 1. The van der Waals surface area contributed by atoms with Crippen molar-refractivity contribution in [3.63, 3.8) is 0 Å². The number of carbonyl (C=O) groups is 1. The molecular formula is C30H43FI2K2N6O6. The van der Waals surface area contributed by atoms with Crippen LogP contribution in [0, 0.1) is 13.1 Å². The van der Waals surface area contributed by atoms with E-state index in [0.717, 1.165) is 86.7 Å². The Kier molecular flexibility index (Phi) is 34.8. The average molecular weight is 935 g/mol. The van der Waals surface area contributed by atoms with E-state index in [1.54, 1.807) is 18.3 Å². The number of hydrogen-bond acceptors (Lipinski definition) is 12. The van der Waals surface area contributed by atoms with Gasteiger partial charge in [0.1, 0.15) is 11.6 Å². The molecule has 0 atom stereocenters. The smallest absolute Gasteiger partial charge is 1.00 e. The number of rotatable bonds is 3. The second-order valence-electron chi connectivity index (χ2n) is 9.14. The standard InChI is InChI=1S/C9H11IN2O.C9H13N3O.C5H3FIN.C5H10O.CH2O3.CH4.2K.H/c2*10-8-1-2-11-9(7-8)12-3-5-13-6-4-12;6-5-3-4(7)1-2-8-5;1-2-4-6-5-3-1;2-1-4-3;;;;/h1-2,7H,3-6H2;1-2,7H,3-6H2,(H2,10,11);1-3H;1-5H2;1,3H;1H4;;;/q;;;;;;2*+1;-1/p-1. The first-order chi connectivity index (χ1) is 21.4. The summed E-state index contributed by atoms with van der Waals surface area (Å²) in [5.41, 5.74) is 6.43. The Hall–Kier alpha value is 0.823. The predicted molar refractivity (Wildman–Crippen MR) is 188 cm³/mol. The minimum atomic E-state index is -0.420. The summed E-state index contributed by atoms with van der Waals surface area (Å²) < 4.78 is 29.8. The Morgan fingerprint density at radius 3 is 1.53 bits per heavy atom. The van der Waals surface area contributed by atoms with Crippen molar-refractivity contribution in [2.75, 3.05) is 81.4 Å². The maximum absolute atomic E-state index is 12.1. The summed E-state index contributed by atoms with van der Waals surface area (Å²) in [5.74, 6) is 1.59. The molecule has 17 heteroatoms. The van der Waals surface area contributed by atoms with Gasteiger partial charge in [-0.15, -0.1) is 0 Å². The molecule has 252 valence electrons. The molecule has 0 radical (unpaired) electrons. The molecule has 6 rings (SSSR count). The first-order valence-electron chi connectivity index (χ1n) is 14.0. The van der Waals surface area contributed by atoms with Crippen LogP contribution in [0.25, 0.3) is 0 Å². The number of nitrogens with zero attached hydrogens (tertiary/aromatic N) is 5. The van der Waals surface area contributed by atoms with Crippen LogP contribution >= 0.6 is 45.2 Å². The summed E-state index contributed by atoms with van der Waals surface area (Å²) in [7, 11) is 0. The van der Waals surface area contributed by atoms with Crippen LogP contribution in [0.4, 0.5) is 21.7 Å². The normalized spacial score (nSPS) is 14.7. The van der Waals surface area contributed by atoms with Gasteiger partial charge in [0, 0.05) is 82.9 Å². The van der Waals surface area contributed by atoms with E-state index in [-0.39, 0.29) is 118 Å². The van der Waals surface area contributed by atoms with Gasteiger partial charge in [-0.3, -0.25) is 4.79 Å². The fourth-order valence-corrected chi connectivity index (χ4v) is 4.68. The van der Waals surface area contributed by atoms with Crippen LogP contribution < -0.4 is 124 Å². The molecular weight excluding hydrogens is 891 g/mol. The van der Waals surface area contributed by atoms with E-state index in [9.17, 15) is 4.39 Å². The Morgan fingerprint density at radius 1 is 0.766 bits per heavy atom. The molecule has 0 spiro atoms. The van der Waals surface area contributed by atoms with E-state index in [4.69, 9.17) is 30.0 Å². The molecule has 2 N–H and O–H groups in total. The topological polar surface area (TPSA) is 148 Å². The second kappa shape index (κ2) is 32.7. The molecule has 47 heavy (non-hydrogen) atoms. The van der Waals surface area contributed by atoms with E-state index >= 15 is 0 Å². The van der Waals surface area contributed by atoms with Gasteiger partial charge in [-0.05, 0) is 88.7 Å². The molecule has 3 aliphatic heterocycles. The molecule has 0 unspecified atom stereocenters. The monoisotopic (exact) mass is 934 g/mol. The van der Waals surface area contributed by atoms with Crippen molar-refractivity contribution in [2.45, 2.75) is 26.7 Å². The van der Waals surface area contributed by atoms with Gasteiger partial charge in [0.15, 0.2) is 0 Å². The van der Waals surface area contributed by atoms with Crippen LogP contribution in [0.3, 0.4) is 0 Å². The molecule has 0 amide bonds. The van der Waals surface area contributed by atoms with Crippen LogP contribution in [0.15, 0.2) is 55.0 Å². The third-order valence-corrected chi connectivity index (χ3v) is 7.29. The van der Waals surface area contributed by atoms with Crippen molar-refractivity contribution >= 4 is 69.0 Å². The molecule has 0 saturated carbocycles. The van der Waals surface area contributed by atoms with Gasteiger partial charge in [-0.25, -0.2) is 15.0 Å². The minimum Gasteiger partial charge on any atom is -1.00 e. The third kappa shape index (κ3) is 24.6. The number of ether oxygens (including phenoxy) is 3.